The van der Waals surface area contributed by atoms with E-state index >= 15 is 0 Å². The first kappa shape index (κ1) is 17.5. The predicted molar refractivity (Wildman–Crippen MR) is 99.1 cm³/mol. The van der Waals surface area contributed by atoms with Gasteiger partial charge in [-0.2, -0.15) is 0 Å². The van der Waals surface area contributed by atoms with Gasteiger partial charge in [-0.05, 0) is 38.1 Å². The molecule has 0 saturated carbocycles. The Bertz CT molecular complexity index is 962. The minimum atomic E-state index is -3.71. The maximum atomic E-state index is 12.7. The number of aryl methyl sites for hydroxylation is 2. The highest BCUT2D eigenvalue weighted by molar-refractivity contribution is 8.01. The number of thiazole rings is 1. The molecular weight excluding hydrogens is 382 g/mol. The first-order valence-electron chi connectivity index (χ1n) is 7.09. The third-order valence-electron chi connectivity index (χ3n) is 3.35. The van der Waals surface area contributed by atoms with Gasteiger partial charge in [0.2, 0.25) is 9.84 Å². The highest BCUT2D eigenvalue weighted by Gasteiger charge is 2.25. The molecular formula is C17H14ClNO2S3. The lowest BCUT2D eigenvalue weighted by Gasteiger charge is -2.02. The minimum absolute atomic E-state index is 0.0763. The number of rotatable bonds is 4. The Hall–Kier alpha value is -1.34. The van der Waals surface area contributed by atoms with Crippen LogP contribution in [0.25, 0.3) is 0 Å². The van der Waals surface area contributed by atoms with E-state index in [0.29, 0.717) is 4.34 Å². The molecule has 0 aliphatic rings. The highest BCUT2D eigenvalue weighted by Crippen LogP contribution is 2.38. The molecule has 0 unspecified atom stereocenters. The molecule has 0 saturated heterocycles. The van der Waals surface area contributed by atoms with Gasteiger partial charge in [0.05, 0.1) is 4.90 Å². The zero-order valence-corrected chi connectivity index (χ0v) is 16.2. The number of sulfone groups is 1. The Balaban J connectivity index is 1.93. The molecule has 0 bridgehead atoms. The van der Waals surface area contributed by atoms with Crippen molar-refractivity contribution in [2.45, 2.75) is 33.0 Å². The summed E-state index contributed by atoms with van der Waals surface area (Å²) in [6.07, 6.45) is 0. The molecule has 2 aromatic carbocycles. The maximum absolute atomic E-state index is 12.7. The number of aromatic nitrogens is 1. The van der Waals surface area contributed by atoms with Gasteiger partial charge in [0.15, 0.2) is 9.37 Å². The van der Waals surface area contributed by atoms with Crippen LogP contribution in [0.1, 0.15) is 11.1 Å². The zero-order chi connectivity index (χ0) is 17.3. The van der Waals surface area contributed by atoms with Crippen molar-refractivity contribution in [3.63, 3.8) is 0 Å². The van der Waals surface area contributed by atoms with E-state index in [-0.39, 0.29) is 14.3 Å². The normalized spacial score (nSPS) is 11.6. The van der Waals surface area contributed by atoms with Gasteiger partial charge in [0.25, 0.3) is 0 Å². The second-order valence-corrected chi connectivity index (χ2v) is 10.1. The number of benzene rings is 2. The van der Waals surface area contributed by atoms with E-state index in [9.17, 15) is 8.42 Å². The molecule has 0 atom stereocenters. The molecule has 0 radical (unpaired) electrons. The van der Waals surface area contributed by atoms with Gasteiger partial charge in [0.1, 0.15) is 4.34 Å². The van der Waals surface area contributed by atoms with Crippen LogP contribution < -0.4 is 0 Å². The third-order valence-corrected chi connectivity index (χ3v) is 7.61. The van der Waals surface area contributed by atoms with Crippen LogP contribution >= 0.6 is 34.7 Å². The summed E-state index contributed by atoms with van der Waals surface area (Å²) >= 11 is 8.75. The minimum Gasteiger partial charge on any atom is -0.217 e. The molecule has 7 heteroatoms. The van der Waals surface area contributed by atoms with E-state index in [4.69, 9.17) is 11.6 Å². The largest absolute Gasteiger partial charge is 0.226 e. The monoisotopic (exact) mass is 395 g/mol. The quantitative estimate of drug-likeness (QED) is 0.593. The van der Waals surface area contributed by atoms with Gasteiger partial charge < -0.3 is 0 Å². The van der Waals surface area contributed by atoms with Crippen molar-refractivity contribution in [2.75, 3.05) is 0 Å². The van der Waals surface area contributed by atoms with Crippen molar-refractivity contribution < 1.29 is 8.42 Å². The average Bonchev–Trinajstić information content (AvgIpc) is 2.91. The number of nitrogens with zero attached hydrogens (tertiary/aromatic N) is 1. The van der Waals surface area contributed by atoms with Crippen molar-refractivity contribution >= 4 is 44.5 Å². The molecule has 1 heterocycles. The average molecular weight is 396 g/mol. The Morgan fingerprint density at radius 3 is 2.08 bits per heavy atom. The molecule has 24 heavy (non-hydrogen) atoms. The molecule has 1 aromatic heterocycles. The molecule has 0 aliphatic heterocycles. The molecule has 0 spiro atoms. The SMILES string of the molecule is Cc1ccc(Sc2nc(S(=O)(=O)c3ccc(C)cc3)c(Cl)s2)cc1. The van der Waals surface area contributed by atoms with Crippen molar-refractivity contribution in [3.8, 4) is 0 Å². The summed E-state index contributed by atoms with van der Waals surface area (Å²) in [7, 11) is -3.71. The van der Waals surface area contributed by atoms with Crippen molar-refractivity contribution in [1.82, 2.24) is 4.98 Å². The van der Waals surface area contributed by atoms with Gasteiger partial charge in [-0.25, -0.2) is 13.4 Å². The van der Waals surface area contributed by atoms with E-state index in [1.54, 1.807) is 24.3 Å². The maximum Gasteiger partial charge on any atom is 0.226 e. The fourth-order valence-electron chi connectivity index (χ4n) is 2.02. The predicted octanol–water partition coefficient (Wildman–Crippen LogP) is 5.40. The van der Waals surface area contributed by atoms with Crippen LogP contribution in [0.15, 0.2) is 67.7 Å². The van der Waals surface area contributed by atoms with Crippen LogP contribution in [0.4, 0.5) is 0 Å². The number of halogens is 1. The van der Waals surface area contributed by atoms with Crippen LogP contribution in [0.5, 0.6) is 0 Å². The van der Waals surface area contributed by atoms with Crippen LogP contribution in [0.3, 0.4) is 0 Å². The fourth-order valence-corrected chi connectivity index (χ4v) is 6.17. The summed E-state index contributed by atoms with van der Waals surface area (Å²) in [6.45, 7) is 3.92. The molecule has 3 rings (SSSR count). The van der Waals surface area contributed by atoms with Crippen molar-refractivity contribution in [1.29, 1.82) is 0 Å². The smallest absolute Gasteiger partial charge is 0.217 e. The summed E-state index contributed by atoms with van der Waals surface area (Å²) in [4.78, 5) is 5.45. The van der Waals surface area contributed by atoms with Crippen LogP contribution in [-0.4, -0.2) is 13.4 Å². The first-order chi connectivity index (χ1) is 11.4. The zero-order valence-electron chi connectivity index (χ0n) is 13.0. The number of hydrogen-bond acceptors (Lipinski definition) is 5. The van der Waals surface area contributed by atoms with E-state index in [1.165, 1.54) is 28.7 Å². The van der Waals surface area contributed by atoms with Crippen LogP contribution in [-0.2, 0) is 9.84 Å². The van der Waals surface area contributed by atoms with Gasteiger partial charge >= 0.3 is 0 Å². The lowest BCUT2D eigenvalue weighted by Crippen LogP contribution is -2.03. The third kappa shape index (κ3) is 3.67. The highest BCUT2D eigenvalue weighted by atomic mass is 35.5. The topological polar surface area (TPSA) is 47.0 Å². The Kier molecular flexibility index (Phi) is 5.01. The summed E-state index contributed by atoms with van der Waals surface area (Å²) in [5.41, 5.74) is 2.16. The lowest BCUT2D eigenvalue weighted by atomic mass is 10.2. The summed E-state index contributed by atoms with van der Waals surface area (Å²) in [5.74, 6) is 0. The first-order valence-corrected chi connectivity index (χ1v) is 10.6. The van der Waals surface area contributed by atoms with Crippen molar-refractivity contribution in [2.24, 2.45) is 0 Å². The van der Waals surface area contributed by atoms with Gasteiger partial charge in [-0.1, -0.05) is 70.1 Å². The van der Waals surface area contributed by atoms with E-state index in [2.05, 4.69) is 4.98 Å². The Labute approximate surface area is 154 Å². The van der Waals surface area contributed by atoms with Crippen molar-refractivity contribution in [3.05, 3.63) is 64.0 Å². The summed E-state index contributed by atoms with van der Waals surface area (Å²) in [5, 5.41) is -0.0763. The van der Waals surface area contributed by atoms with Crippen LogP contribution in [0.2, 0.25) is 4.34 Å². The molecule has 0 amide bonds. The number of hydrogen-bond donors (Lipinski definition) is 0. The van der Waals surface area contributed by atoms with E-state index in [0.717, 1.165) is 10.5 Å². The molecule has 3 aromatic rings. The van der Waals surface area contributed by atoms with Gasteiger partial charge in [-0.15, -0.1) is 0 Å². The van der Waals surface area contributed by atoms with E-state index < -0.39 is 9.84 Å². The molecule has 0 N–H and O–H groups in total. The fraction of sp³-hybridized carbons (Fsp3) is 0.118. The summed E-state index contributed by atoms with van der Waals surface area (Å²) < 4.78 is 26.2. The Morgan fingerprint density at radius 1 is 0.958 bits per heavy atom. The molecule has 0 aliphatic carbocycles. The lowest BCUT2D eigenvalue weighted by molar-refractivity contribution is 0.592. The van der Waals surface area contributed by atoms with E-state index in [1.807, 2.05) is 38.1 Å². The van der Waals surface area contributed by atoms with Crippen LogP contribution in [0, 0.1) is 13.8 Å². The molecule has 0 fully saturated rings. The second kappa shape index (κ2) is 6.88. The summed E-state index contributed by atoms with van der Waals surface area (Å²) in [6, 6.07) is 14.6. The Morgan fingerprint density at radius 2 is 1.50 bits per heavy atom. The van der Waals surface area contributed by atoms with Gasteiger partial charge in [-0.3, -0.25) is 0 Å². The molecule has 3 nitrogen and oxygen atoms in total. The standard InChI is InChI=1S/C17H14ClNO2S3/c1-11-3-7-13(8-4-11)22-17-19-16(15(18)23-17)24(20,21)14-9-5-12(2)6-10-14/h3-10H,1-2H3. The molecule has 124 valence electrons. The second-order valence-electron chi connectivity index (χ2n) is 5.29. The van der Waals surface area contributed by atoms with Gasteiger partial charge in [0, 0.05) is 4.90 Å².